The van der Waals surface area contributed by atoms with Gasteiger partial charge < -0.3 is 5.11 Å². The van der Waals surface area contributed by atoms with Crippen LogP contribution in [0.15, 0.2) is 33.6 Å². The Bertz CT molecular complexity index is 573. The van der Waals surface area contributed by atoms with Gasteiger partial charge in [0.2, 0.25) is 10.0 Å². The monoisotopic (exact) mass is 349 g/mol. The lowest BCUT2D eigenvalue weighted by molar-refractivity contribution is -0.143. The molecule has 0 radical (unpaired) electrons. The Labute approximate surface area is 121 Å². The summed E-state index contributed by atoms with van der Waals surface area (Å²) in [7, 11) is -3.89. The molecule has 0 bridgehead atoms. The summed E-state index contributed by atoms with van der Waals surface area (Å²) in [6.45, 7) is 3.17. The largest absolute Gasteiger partial charge is 0.480 e. The first-order chi connectivity index (χ1) is 8.73. The van der Waals surface area contributed by atoms with E-state index in [-0.39, 0.29) is 11.3 Å². The molecule has 0 amide bonds. The number of rotatable bonds is 6. The van der Waals surface area contributed by atoms with Crippen molar-refractivity contribution in [1.82, 2.24) is 4.72 Å². The number of carboxylic acid groups (broad SMARTS) is 1. The molecule has 0 fully saturated rings. The van der Waals surface area contributed by atoms with Crippen LogP contribution in [0.3, 0.4) is 0 Å². The maximum absolute atomic E-state index is 12.2. The second-order valence-corrected chi connectivity index (χ2v) is 6.93. The minimum atomic E-state index is -3.89. The Morgan fingerprint density at radius 2 is 2.00 bits per heavy atom. The summed E-state index contributed by atoms with van der Waals surface area (Å²) in [5, 5.41) is 9.20. The third-order valence-corrected chi connectivity index (χ3v) is 5.32. The number of hydrogen-bond acceptors (Lipinski definition) is 3. The van der Waals surface area contributed by atoms with E-state index in [0.717, 1.165) is 0 Å². The molecule has 1 aromatic carbocycles. The van der Waals surface area contributed by atoms with Gasteiger partial charge in [-0.2, -0.15) is 4.72 Å². The highest BCUT2D eigenvalue weighted by molar-refractivity contribution is 9.10. The fourth-order valence-corrected chi connectivity index (χ4v) is 4.11. The van der Waals surface area contributed by atoms with Crippen molar-refractivity contribution in [1.29, 1.82) is 0 Å². The first-order valence-electron chi connectivity index (χ1n) is 5.75. The van der Waals surface area contributed by atoms with Crippen molar-refractivity contribution in [2.45, 2.75) is 37.1 Å². The van der Waals surface area contributed by atoms with Gasteiger partial charge in [-0.15, -0.1) is 0 Å². The molecule has 1 aromatic rings. The van der Waals surface area contributed by atoms with E-state index >= 15 is 0 Å². The molecule has 0 aliphatic carbocycles. The van der Waals surface area contributed by atoms with Crippen LogP contribution in [0.4, 0.5) is 0 Å². The Kier molecular flexibility index (Phi) is 5.11. The lowest BCUT2D eigenvalue weighted by atomic mass is 9.98. The van der Waals surface area contributed by atoms with Gasteiger partial charge in [0, 0.05) is 4.47 Å². The average Bonchev–Trinajstić information content (AvgIpc) is 2.28. The second-order valence-electron chi connectivity index (χ2n) is 4.42. The van der Waals surface area contributed by atoms with E-state index in [9.17, 15) is 18.3 Å². The van der Waals surface area contributed by atoms with E-state index in [2.05, 4.69) is 20.7 Å². The second kappa shape index (κ2) is 6.02. The average molecular weight is 350 g/mol. The van der Waals surface area contributed by atoms with Crippen LogP contribution in [0.25, 0.3) is 0 Å². The zero-order valence-corrected chi connectivity index (χ0v) is 13.1. The minimum absolute atomic E-state index is 0.0265. The molecule has 0 aliphatic rings. The molecule has 5 nitrogen and oxygen atoms in total. The molecule has 1 atom stereocenters. The van der Waals surface area contributed by atoms with Crippen LogP contribution in [0.1, 0.15) is 26.7 Å². The van der Waals surface area contributed by atoms with Crippen molar-refractivity contribution < 1.29 is 18.3 Å². The Morgan fingerprint density at radius 3 is 2.47 bits per heavy atom. The maximum atomic E-state index is 12.2. The van der Waals surface area contributed by atoms with Crippen LogP contribution in [-0.2, 0) is 14.8 Å². The number of halogens is 1. The summed E-state index contributed by atoms with van der Waals surface area (Å²) in [5.41, 5.74) is -1.51. The quantitative estimate of drug-likeness (QED) is 0.825. The number of carboxylic acids is 1. The van der Waals surface area contributed by atoms with Crippen LogP contribution in [0.2, 0.25) is 0 Å². The number of aliphatic carboxylic acids is 1. The molecule has 0 heterocycles. The molecule has 19 heavy (non-hydrogen) atoms. The van der Waals surface area contributed by atoms with Crippen molar-refractivity contribution in [3.63, 3.8) is 0 Å². The number of nitrogens with one attached hydrogen (secondary N) is 1. The van der Waals surface area contributed by atoms with Crippen molar-refractivity contribution in [2.75, 3.05) is 0 Å². The van der Waals surface area contributed by atoms with Crippen LogP contribution < -0.4 is 4.72 Å². The molecule has 0 aliphatic heterocycles. The van der Waals surface area contributed by atoms with Crippen LogP contribution >= 0.6 is 15.9 Å². The van der Waals surface area contributed by atoms with Crippen molar-refractivity contribution in [3.8, 4) is 0 Å². The van der Waals surface area contributed by atoms with Crippen molar-refractivity contribution >= 4 is 31.9 Å². The molecular formula is C12H16BrNO4S. The predicted molar refractivity (Wildman–Crippen MR) is 75.4 cm³/mol. The highest BCUT2D eigenvalue weighted by Crippen LogP contribution is 2.24. The van der Waals surface area contributed by atoms with Crippen LogP contribution in [0.5, 0.6) is 0 Å². The van der Waals surface area contributed by atoms with Gasteiger partial charge in [-0.1, -0.05) is 25.5 Å². The zero-order valence-electron chi connectivity index (χ0n) is 10.7. The van der Waals surface area contributed by atoms with E-state index in [1.165, 1.54) is 13.0 Å². The predicted octanol–water partition coefficient (Wildman–Crippen LogP) is 2.37. The summed E-state index contributed by atoms with van der Waals surface area (Å²) in [5.74, 6) is -1.19. The molecule has 2 N–H and O–H groups in total. The number of carbonyl (C=O) groups is 1. The van der Waals surface area contributed by atoms with E-state index in [1.54, 1.807) is 25.1 Å². The standard InChI is InChI=1S/C12H16BrNO4S/c1-3-8-12(2,11(15)16)14-19(17,18)10-7-5-4-6-9(10)13/h4-7,14H,3,8H2,1-2H3,(H,15,16). The van der Waals surface area contributed by atoms with Crippen LogP contribution in [-0.4, -0.2) is 25.0 Å². The maximum Gasteiger partial charge on any atom is 0.324 e. The van der Waals surface area contributed by atoms with E-state index < -0.39 is 21.5 Å². The fraction of sp³-hybridized carbons (Fsp3) is 0.417. The summed E-state index contributed by atoms with van der Waals surface area (Å²) in [6, 6.07) is 6.27. The van der Waals surface area contributed by atoms with Gasteiger partial charge in [0.25, 0.3) is 0 Å². The normalized spacial score (nSPS) is 14.9. The smallest absolute Gasteiger partial charge is 0.324 e. The Morgan fingerprint density at radius 1 is 1.42 bits per heavy atom. The molecular weight excluding hydrogens is 334 g/mol. The van der Waals surface area contributed by atoms with E-state index in [4.69, 9.17) is 0 Å². The molecule has 1 unspecified atom stereocenters. The summed E-state index contributed by atoms with van der Waals surface area (Å²) in [4.78, 5) is 11.3. The van der Waals surface area contributed by atoms with Gasteiger partial charge in [0.1, 0.15) is 5.54 Å². The number of benzene rings is 1. The molecule has 0 saturated carbocycles. The third-order valence-electron chi connectivity index (χ3n) is 2.71. The topological polar surface area (TPSA) is 83.5 Å². The molecule has 0 aromatic heterocycles. The molecule has 106 valence electrons. The van der Waals surface area contributed by atoms with E-state index in [1.807, 2.05) is 0 Å². The van der Waals surface area contributed by atoms with Crippen LogP contribution in [0, 0.1) is 0 Å². The van der Waals surface area contributed by atoms with Gasteiger partial charge in [0.15, 0.2) is 0 Å². The summed E-state index contributed by atoms with van der Waals surface area (Å²) in [6.07, 6.45) is 0.771. The lowest BCUT2D eigenvalue weighted by Gasteiger charge is -2.25. The first kappa shape index (κ1) is 16.1. The SMILES string of the molecule is CCCC(C)(NS(=O)(=O)c1ccccc1Br)C(=O)O. The minimum Gasteiger partial charge on any atom is -0.480 e. The molecule has 0 spiro atoms. The molecule has 0 saturated heterocycles. The lowest BCUT2D eigenvalue weighted by Crippen LogP contribution is -2.51. The highest BCUT2D eigenvalue weighted by atomic mass is 79.9. The zero-order chi connectivity index (χ0) is 14.7. The van der Waals surface area contributed by atoms with E-state index in [0.29, 0.717) is 10.9 Å². The highest BCUT2D eigenvalue weighted by Gasteiger charge is 2.37. The Hall–Kier alpha value is -0.920. The van der Waals surface area contributed by atoms with Gasteiger partial charge in [-0.05, 0) is 41.4 Å². The number of sulfonamides is 1. The first-order valence-corrected chi connectivity index (χ1v) is 8.02. The van der Waals surface area contributed by atoms with Gasteiger partial charge >= 0.3 is 5.97 Å². The molecule has 1 rings (SSSR count). The van der Waals surface area contributed by atoms with Crippen molar-refractivity contribution in [2.24, 2.45) is 0 Å². The van der Waals surface area contributed by atoms with Gasteiger partial charge in [-0.3, -0.25) is 4.79 Å². The van der Waals surface area contributed by atoms with Gasteiger partial charge in [-0.25, -0.2) is 8.42 Å². The summed E-state index contributed by atoms with van der Waals surface area (Å²) >= 11 is 3.15. The number of hydrogen-bond donors (Lipinski definition) is 2. The van der Waals surface area contributed by atoms with Gasteiger partial charge in [0.05, 0.1) is 4.90 Å². The molecule has 7 heteroatoms. The Balaban J connectivity index is 3.16. The third kappa shape index (κ3) is 3.77. The van der Waals surface area contributed by atoms with Crippen molar-refractivity contribution in [3.05, 3.63) is 28.7 Å². The fourth-order valence-electron chi connectivity index (χ4n) is 1.72. The summed E-state index contributed by atoms with van der Waals surface area (Å²) < 4.78 is 27.2.